The molecule has 1 aliphatic heterocycles. The molecule has 0 unspecified atom stereocenters. The fraction of sp³-hybridized carbons (Fsp3) is 1.00. The molecule has 9 heavy (non-hydrogen) atoms. The second-order valence-electron chi connectivity index (χ2n) is 2.41. The lowest BCUT2D eigenvalue weighted by Gasteiger charge is -2.06. The van der Waals surface area contributed by atoms with Gasteiger partial charge in [-0.05, 0) is 26.4 Å². The smallest absolute Gasteiger partial charge is 0.0164 e. The minimum absolute atomic E-state index is 0. The molecule has 0 aromatic heterocycles. The van der Waals surface area contributed by atoms with E-state index in [1.807, 2.05) is 0 Å². The first-order valence-electron chi connectivity index (χ1n) is 3.33. The van der Waals surface area contributed by atoms with Crippen LogP contribution in [0.15, 0.2) is 0 Å². The lowest BCUT2D eigenvalue weighted by atomic mass is 10.3. The van der Waals surface area contributed by atoms with Crippen LogP contribution in [0.1, 0.15) is 13.3 Å². The van der Waals surface area contributed by atoms with Crippen LogP contribution in [0.3, 0.4) is 0 Å². The molecule has 1 aliphatic rings. The molecule has 0 aromatic rings. The van der Waals surface area contributed by atoms with E-state index < -0.39 is 0 Å². The van der Waals surface area contributed by atoms with Crippen molar-refractivity contribution in [3.63, 3.8) is 0 Å². The van der Waals surface area contributed by atoms with Crippen molar-refractivity contribution in [2.24, 2.45) is 0 Å². The minimum atomic E-state index is 0. The number of nitrogens with one attached hydrogen (secondary N) is 2. The van der Waals surface area contributed by atoms with Crippen LogP contribution >= 0.6 is 12.4 Å². The highest BCUT2D eigenvalue weighted by Gasteiger charge is 2.02. The van der Waals surface area contributed by atoms with Crippen LogP contribution in [0.2, 0.25) is 0 Å². The highest BCUT2D eigenvalue weighted by molar-refractivity contribution is 5.85. The van der Waals surface area contributed by atoms with Crippen LogP contribution in [0.4, 0.5) is 0 Å². The van der Waals surface area contributed by atoms with Crippen molar-refractivity contribution in [3.05, 3.63) is 0 Å². The van der Waals surface area contributed by atoms with Gasteiger partial charge in [0.05, 0.1) is 0 Å². The predicted molar refractivity (Wildman–Crippen MR) is 42.2 cm³/mol. The predicted octanol–water partition coefficient (Wildman–Crippen LogP) is 0.380. The van der Waals surface area contributed by atoms with E-state index in [1.54, 1.807) is 0 Å². The maximum Gasteiger partial charge on any atom is 0.0164 e. The molecule has 0 amide bonds. The quantitative estimate of drug-likeness (QED) is 0.522. The largest absolute Gasteiger partial charge is 0.315 e. The maximum absolute atomic E-state index is 3.38. The van der Waals surface area contributed by atoms with Gasteiger partial charge >= 0.3 is 0 Å². The molecule has 1 atom stereocenters. The van der Waals surface area contributed by atoms with Crippen molar-refractivity contribution in [2.75, 3.05) is 19.6 Å². The second kappa shape index (κ2) is 5.03. The van der Waals surface area contributed by atoms with Gasteiger partial charge in [0, 0.05) is 12.6 Å². The van der Waals surface area contributed by atoms with Crippen LogP contribution in [0, 0.1) is 0 Å². The Morgan fingerprint density at radius 3 is 2.89 bits per heavy atom. The average Bonchev–Trinajstić information content (AvgIpc) is 1.94. The summed E-state index contributed by atoms with van der Waals surface area (Å²) in [6.07, 6.45) is 1.27. The van der Waals surface area contributed by atoms with Gasteiger partial charge in [-0.1, -0.05) is 0 Å². The third-order valence-corrected chi connectivity index (χ3v) is 1.47. The highest BCUT2D eigenvalue weighted by atomic mass is 35.5. The fourth-order valence-corrected chi connectivity index (χ4v) is 0.953. The van der Waals surface area contributed by atoms with E-state index in [0.29, 0.717) is 6.04 Å². The molecule has 1 saturated heterocycles. The Hall–Kier alpha value is 0.210. The topological polar surface area (TPSA) is 24.1 Å². The Balaban J connectivity index is 0.000000640. The molecule has 0 spiro atoms. The summed E-state index contributed by atoms with van der Waals surface area (Å²) in [4.78, 5) is 0. The number of hydrogen-bond donors (Lipinski definition) is 2. The molecule has 1 rings (SSSR count). The van der Waals surface area contributed by atoms with Crippen LogP contribution in [-0.2, 0) is 0 Å². The van der Waals surface area contributed by atoms with E-state index in [2.05, 4.69) is 17.6 Å². The lowest BCUT2D eigenvalue weighted by Crippen LogP contribution is -2.31. The van der Waals surface area contributed by atoms with Crippen molar-refractivity contribution >= 4 is 12.4 Å². The van der Waals surface area contributed by atoms with Crippen molar-refractivity contribution in [3.8, 4) is 0 Å². The summed E-state index contributed by atoms with van der Waals surface area (Å²) in [5.41, 5.74) is 0. The van der Waals surface area contributed by atoms with Crippen LogP contribution in [0.5, 0.6) is 0 Å². The van der Waals surface area contributed by atoms with Gasteiger partial charge in [-0.3, -0.25) is 0 Å². The van der Waals surface area contributed by atoms with Crippen molar-refractivity contribution in [1.82, 2.24) is 10.6 Å². The molecule has 2 N–H and O–H groups in total. The van der Waals surface area contributed by atoms with E-state index in [0.717, 1.165) is 6.54 Å². The summed E-state index contributed by atoms with van der Waals surface area (Å²) in [7, 11) is 0. The molecule has 0 radical (unpaired) electrons. The van der Waals surface area contributed by atoms with Gasteiger partial charge in [0.15, 0.2) is 0 Å². The molecule has 0 bridgehead atoms. The van der Waals surface area contributed by atoms with Gasteiger partial charge in [-0.15, -0.1) is 12.4 Å². The van der Waals surface area contributed by atoms with Gasteiger partial charge < -0.3 is 10.6 Å². The van der Waals surface area contributed by atoms with Crippen LogP contribution in [0.25, 0.3) is 0 Å². The highest BCUT2D eigenvalue weighted by Crippen LogP contribution is 1.85. The lowest BCUT2D eigenvalue weighted by molar-refractivity contribution is 0.568. The second-order valence-corrected chi connectivity index (χ2v) is 2.41. The van der Waals surface area contributed by atoms with Crippen molar-refractivity contribution in [2.45, 2.75) is 19.4 Å². The molecule has 3 heteroatoms. The summed E-state index contributed by atoms with van der Waals surface area (Å²) in [6, 6.07) is 0.664. The molecular formula is C6H15ClN2. The fourth-order valence-electron chi connectivity index (χ4n) is 0.953. The third kappa shape index (κ3) is 3.73. The number of rotatable bonds is 0. The SMILES string of the molecule is C[C@H]1CNCCCN1.Cl. The van der Waals surface area contributed by atoms with Gasteiger partial charge in [-0.25, -0.2) is 0 Å². The Morgan fingerprint density at radius 2 is 2.11 bits per heavy atom. The normalized spacial score (nSPS) is 28.3. The van der Waals surface area contributed by atoms with E-state index >= 15 is 0 Å². The van der Waals surface area contributed by atoms with Gasteiger partial charge in [-0.2, -0.15) is 0 Å². The molecule has 1 heterocycles. The molecule has 0 saturated carbocycles. The molecule has 0 aromatic carbocycles. The maximum atomic E-state index is 3.38. The van der Waals surface area contributed by atoms with E-state index in [4.69, 9.17) is 0 Å². The third-order valence-electron chi connectivity index (χ3n) is 1.47. The molecule has 1 fully saturated rings. The zero-order chi connectivity index (χ0) is 5.82. The summed E-state index contributed by atoms with van der Waals surface area (Å²) in [6.45, 7) is 5.68. The van der Waals surface area contributed by atoms with E-state index in [9.17, 15) is 0 Å². The Labute approximate surface area is 62.8 Å². The molecular weight excluding hydrogens is 136 g/mol. The summed E-state index contributed by atoms with van der Waals surface area (Å²) >= 11 is 0. The van der Waals surface area contributed by atoms with E-state index in [1.165, 1.54) is 19.5 Å². The summed E-state index contributed by atoms with van der Waals surface area (Å²) in [5.74, 6) is 0. The molecule has 56 valence electrons. The van der Waals surface area contributed by atoms with Crippen molar-refractivity contribution in [1.29, 1.82) is 0 Å². The summed E-state index contributed by atoms with van der Waals surface area (Å²) in [5, 5.41) is 6.72. The molecule has 0 aliphatic carbocycles. The number of hydrogen-bond acceptors (Lipinski definition) is 2. The Morgan fingerprint density at radius 1 is 1.33 bits per heavy atom. The Bertz CT molecular complexity index is 60.1. The average molecular weight is 151 g/mol. The van der Waals surface area contributed by atoms with E-state index in [-0.39, 0.29) is 12.4 Å². The number of halogens is 1. The van der Waals surface area contributed by atoms with Crippen LogP contribution < -0.4 is 10.6 Å². The monoisotopic (exact) mass is 150 g/mol. The first kappa shape index (κ1) is 9.21. The first-order chi connectivity index (χ1) is 3.89. The van der Waals surface area contributed by atoms with Crippen molar-refractivity contribution < 1.29 is 0 Å². The first-order valence-corrected chi connectivity index (χ1v) is 3.33. The zero-order valence-electron chi connectivity index (χ0n) is 5.81. The standard InChI is InChI=1S/C6H14N2.ClH/c1-6-5-7-3-2-4-8-6;/h6-8H,2-5H2,1H3;1H/t6-;/m0./s1. The van der Waals surface area contributed by atoms with Gasteiger partial charge in [0.25, 0.3) is 0 Å². The minimum Gasteiger partial charge on any atom is -0.315 e. The zero-order valence-corrected chi connectivity index (χ0v) is 6.63. The summed E-state index contributed by atoms with van der Waals surface area (Å²) < 4.78 is 0. The molecule has 2 nitrogen and oxygen atoms in total. The van der Waals surface area contributed by atoms with Gasteiger partial charge in [0.1, 0.15) is 0 Å². The van der Waals surface area contributed by atoms with Crippen LogP contribution in [-0.4, -0.2) is 25.7 Å². The Kier molecular flexibility index (Phi) is 5.15. The van der Waals surface area contributed by atoms with Gasteiger partial charge in [0.2, 0.25) is 0 Å².